The van der Waals surface area contributed by atoms with Gasteiger partial charge in [0.2, 0.25) is 11.8 Å². The molecule has 3 N–H and O–H groups in total. The second-order valence-corrected chi connectivity index (χ2v) is 6.29. The number of aromatic nitrogens is 1. The van der Waals surface area contributed by atoms with Crippen LogP contribution in [0.25, 0.3) is 0 Å². The van der Waals surface area contributed by atoms with Gasteiger partial charge in [-0.05, 0) is 42.2 Å². The summed E-state index contributed by atoms with van der Waals surface area (Å²) in [5.74, 6) is 1.33. The molecule has 1 fully saturated rings. The maximum Gasteiger partial charge on any atom is 0.228 e. The summed E-state index contributed by atoms with van der Waals surface area (Å²) in [6.07, 6.45) is 2.49. The predicted octanol–water partition coefficient (Wildman–Crippen LogP) is 3.44. The van der Waals surface area contributed by atoms with Gasteiger partial charge < -0.3 is 15.8 Å². The molecule has 1 aromatic carbocycles. The van der Waals surface area contributed by atoms with E-state index in [9.17, 15) is 4.79 Å². The molecule has 5 nitrogen and oxygen atoms in total. The summed E-state index contributed by atoms with van der Waals surface area (Å²) in [7, 11) is 0. The standard InChI is InChI=1S/C17H19N3O2/c1-17(2)9-14(17)16(21)20-12-4-6-13(7-5-12)22-15-8-3-11(18)10-19-15/h3-8,10,14H,9,18H2,1-2H3,(H,20,21). The van der Waals surface area contributed by atoms with Gasteiger partial charge in [0.15, 0.2) is 0 Å². The Labute approximate surface area is 129 Å². The maximum absolute atomic E-state index is 12.0. The number of pyridine rings is 1. The number of nitrogens with two attached hydrogens (primary N) is 1. The highest BCUT2D eigenvalue weighted by Crippen LogP contribution is 2.52. The van der Waals surface area contributed by atoms with E-state index in [-0.39, 0.29) is 17.2 Å². The first-order valence-corrected chi connectivity index (χ1v) is 7.24. The second-order valence-electron chi connectivity index (χ2n) is 6.29. The highest BCUT2D eigenvalue weighted by atomic mass is 16.5. The van der Waals surface area contributed by atoms with Crippen LogP contribution in [0.5, 0.6) is 11.6 Å². The number of hydrogen-bond acceptors (Lipinski definition) is 4. The van der Waals surface area contributed by atoms with Crippen molar-refractivity contribution in [1.29, 1.82) is 0 Å². The highest BCUT2D eigenvalue weighted by molar-refractivity contribution is 5.95. The number of rotatable bonds is 4. The first-order valence-electron chi connectivity index (χ1n) is 7.24. The smallest absolute Gasteiger partial charge is 0.228 e. The SMILES string of the molecule is CC1(C)CC1C(=O)Nc1ccc(Oc2ccc(N)cn2)cc1. The Bertz CT molecular complexity index is 678. The third-order valence-corrected chi connectivity index (χ3v) is 3.93. The lowest BCUT2D eigenvalue weighted by Crippen LogP contribution is -2.16. The van der Waals surface area contributed by atoms with Crippen LogP contribution in [0.1, 0.15) is 20.3 Å². The molecule has 1 atom stereocenters. The Kier molecular flexibility index (Phi) is 3.48. The molecule has 0 saturated heterocycles. The van der Waals surface area contributed by atoms with Gasteiger partial charge in [-0.15, -0.1) is 0 Å². The molecule has 0 bridgehead atoms. The lowest BCUT2D eigenvalue weighted by atomic mass is 10.1. The van der Waals surface area contributed by atoms with Crippen LogP contribution in [0.15, 0.2) is 42.6 Å². The first kappa shape index (κ1) is 14.4. The summed E-state index contributed by atoms with van der Waals surface area (Å²) in [6.45, 7) is 4.21. The quantitative estimate of drug-likeness (QED) is 0.906. The number of benzene rings is 1. The van der Waals surface area contributed by atoms with Gasteiger partial charge >= 0.3 is 0 Å². The van der Waals surface area contributed by atoms with Crippen molar-refractivity contribution in [2.24, 2.45) is 11.3 Å². The van der Waals surface area contributed by atoms with Crippen molar-refractivity contribution in [2.75, 3.05) is 11.1 Å². The van der Waals surface area contributed by atoms with Crippen molar-refractivity contribution in [3.05, 3.63) is 42.6 Å². The molecule has 1 amide bonds. The lowest BCUT2D eigenvalue weighted by Gasteiger charge is -2.08. The maximum atomic E-state index is 12.0. The van der Waals surface area contributed by atoms with Gasteiger partial charge in [0, 0.05) is 17.7 Å². The van der Waals surface area contributed by atoms with E-state index in [4.69, 9.17) is 10.5 Å². The van der Waals surface area contributed by atoms with Gasteiger partial charge in [0.25, 0.3) is 0 Å². The van der Waals surface area contributed by atoms with E-state index in [1.165, 1.54) is 0 Å². The van der Waals surface area contributed by atoms with E-state index in [0.29, 0.717) is 17.3 Å². The number of amides is 1. The predicted molar refractivity (Wildman–Crippen MR) is 85.7 cm³/mol. The van der Waals surface area contributed by atoms with Gasteiger partial charge in [-0.25, -0.2) is 4.98 Å². The van der Waals surface area contributed by atoms with E-state index in [2.05, 4.69) is 24.1 Å². The van der Waals surface area contributed by atoms with Crippen LogP contribution in [0, 0.1) is 11.3 Å². The monoisotopic (exact) mass is 297 g/mol. The Morgan fingerprint density at radius 2 is 1.95 bits per heavy atom. The van der Waals surface area contributed by atoms with Crippen LogP contribution < -0.4 is 15.8 Å². The highest BCUT2D eigenvalue weighted by Gasteiger charge is 2.50. The Morgan fingerprint density at radius 1 is 1.27 bits per heavy atom. The molecule has 3 rings (SSSR count). The summed E-state index contributed by atoms with van der Waals surface area (Å²) in [5, 5.41) is 2.93. The second kappa shape index (κ2) is 5.33. The number of carbonyl (C=O) groups is 1. The third-order valence-electron chi connectivity index (χ3n) is 3.93. The first-order chi connectivity index (χ1) is 10.4. The zero-order valence-corrected chi connectivity index (χ0v) is 12.7. The van der Waals surface area contributed by atoms with Crippen molar-refractivity contribution in [3.63, 3.8) is 0 Å². The Hall–Kier alpha value is -2.56. The normalized spacial score (nSPS) is 18.5. The van der Waals surface area contributed by atoms with Gasteiger partial charge in [0.05, 0.1) is 11.9 Å². The van der Waals surface area contributed by atoms with Crippen LogP contribution in [-0.2, 0) is 4.79 Å². The zero-order valence-electron chi connectivity index (χ0n) is 12.7. The number of nitrogen functional groups attached to an aromatic ring is 1. The fourth-order valence-corrected chi connectivity index (χ4v) is 2.32. The summed E-state index contributed by atoms with van der Waals surface area (Å²) in [6, 6.07) is 10.7. The minimum Gasteiger partial charge on any atom is -0.439 e. The minimum atomic E-state index is 0.0823. The van der Waals surface area contributed by atoms with Gasteiger partial charge in [-0.3, -0.25) is 4.79 Å². The van der Waals surface area contributed by atoms with Crippen LogP contribution in [0.3, 0.4) is 0 Å². The molecule has 1 saturated carbocycles. The van der Waals surface area contributed by atoms with E-state index in [1.807, 2.05) is 12.1 Å². The molecule has 2 aromatic rings. The third kappa shape index (κ3) is 3.19. The summed E-state index contributed by atoms with van der Waals surface area (Å²) in [5.41, 5.74) is 7.07. The van der Waals surface area contributed by atoms with Crippen molar-refractivity contribution in [1.82, 2.24) is 4.98 Å². The molecule has 1 aromatic heterocycles. The molecule has 5 heteroatoms. The fraction of sp³-hybridized carbons (Fsp3) is 0.294. The van der Waals surface area contributed by atoms with E-state index >= 15 is 0 Å². The molecule has 1 unspecified atom stereocenters. The van der Waals surface area contributed by atoms with Crippen LogP contribution in [-0.4, -0.2) is 10.9 Å². The molecular weight excluding hydrogens is 278 g/mol. The fourth-order valence-electron chi connectivity index (χ4n) is 2.32. The number of ether oxygens (including phenoxy) is 1. The van der Waals surface area contributed by atoms with Crippen LogP contribution >= 0.6 is 0 Å². The van der Waals surface area contributed by atoms with Crippen molar-refractivity contribution < 1.29 is 9.53 Å². The van der Waals surface area contributed by atoms with E-state index in [0.717, 1.165) is 12.1 Å². The number of nitrogens with zero attached hydrogens (tertiary/aromatic N) is 1. The molecule has 1 aliphatic rings. The molecule has 114 valence electrons. The van der Waals surface area contributed by atoms with Crippen LogP contribution in [0.4, 0.5) is 11.4 Å². The molecular formula is C17H19N3O2. The van der Waals surface area contributed by atoms with Gasteiger partial charge in [-0.2, -0.15) is 0 Å². The zero-order chi connectivity index (χ0) is 15.7. The van der Waals surface area contributed by atoms with Gasteiger partial charge in [-0.1, -0.05) is 13.8 Å². The van der Waals surface area contributed by atoms with Crippen molar-refractivity contribution in [2.45, 2.75) is 20.3 Å². The number of hydrogen-bond donors (Lipinski definition) is 2. The number of nitrogens with one attached hydrogen (secondary N) is 1. The topological polar surface area (TPSA) is 77.2 Å². The Balaban J connectivity index is 1.60. The summed E-state index contributed by atoms with van der Waals surface area (Å²) in [4.78, 5) is 16.1. The molecule has 0 aliphatic heterocycles. The molecule has 1 heterocycles. The summed E-state index contributed by atoms with van der Waals surface area (Å²) < 4.78 is 5.61. The average molecular weight is 297 g/mol. The van der Waals surface area contributed by atoms with E-state index < -0.39 is 0 Å². The van der Waals surface area contributed by atoms with Crippen molar-refractivity contribution in [3.8, 4) is 11.6 Å². The number of carbonyl (C=O) groups excluding carboxylic acids is 1. The minimum absolute atomic E-state index is 0.0823. The molecule has 1 aliphatic carbocycles. The molecule has 22 heavy (non-hydrogen) atoms. The molecule has 0 radical (unpaired) electrons. The largest absolute Gasteiger partial charge is 0.439 e. The van der Waals surface area contributed by atoms with Gasteiger partial charge in [0.1, 0.15) is 5.75 Å². The van der Waals surface area contributed by atoms with Crippen LogP contribution in [0.2, 0.25) is 0 Å². The lowest BCUT2D eigenvalue weighted by molar-refractivity contribution is -0.118. The van der Waals surface area contributed by atoms with Crippen molar-refractivity contribution >= 4 is 17.3 Å². The average Bonchev–Trinajstić information content (AvgIpc) is 3.13. The van der Waals surface area contributed by atoms with E-state index in [1.54, 1.807) is 30.5 Å². The Morgan fingerprint density at radius 3 is 2.50 bits per heavy atom. The summed E-state index contributed by atoms with van der Waals surface area (Å²) >= 11 is 0. The molecule has 0 spiro atoms. The number of anilines is 2.